The van der Waals surface area contributed by atoms with E-state index in [1.54, 1.807) is 0 Å². The molecule has 2 aliphatic rings. The Hall–Kier alpha value is -0.290. The maximum atomic E-state index is 11.2. The number of hydrogen-bond donors (Lipinski definition) is 9. The summed E-state index contributed by atoms with van der Waals surface area (Å²) >= 11 is 0. The molecule has 9 N–H and O–H groups in total. The number of ether oxygens (including phenoxy) is 3. The lowest BCUT2D eigenvalue weighted by Gasteiger charge is -2.46. The monoisotopic (exact) mass is 422 g/mol. The molecule has 0 aliphatic carbocycles. The molecular weight excluding hydrogens is 399 g/mol. The van der Waals surface area contributed by atoms with Gasteiger partial charge in [0, 0.05) is 0 Å². The fourth-order valence-electron chi connectivity index (χ4n) is 2.83. The third kappa shape index (κ3) is 5.20. The van der Waals surface area contributed by atoms with Crippen LogP contribution in [0.5, 0.6) is 0 Å². The van der Waals surface area contributed by atoms with E-state index in [4.69, 9.17) is 24.0 Å². The van der Waals surface area contributed by atoms with E-state index < -0.39 is 82.4 Å². The molecule has 14 nitrogen and oxygen atoms in total. The molecule has 2 saturated heterocycles. The maximum absolute atomic E-state index is 11.2. The molecule has 2 aliphatic heterocycles. The lowest BCUT2D eigenvalue weighted by molar-refractivity contribution is -0.353. The van der Waals surface area contributed by atoms with Crippen LogP contribution in [0.25, 0.3) is 0 Å². The highest BCUT2D eigenvalue weighted by molar-refractivity contribution is 7.46. The van der Waals surface area contributed by atoms with Crippen LogP contribution in [0.4, 0.5) is 0 Å². The van der Waals surface area contributed by atoms with E-state index >= 15 is 0 Å². The van der Waals surface area contributed by atoms with E-state index in [0.29, 0.717) is 0 Å². The van der Waals surface area contributed by atoms with E-state index in [2.05, 4.69) is 4.52 Å². The Morgan fingerprint density at radius 3 is 1.85 bits per heavy atom. The van der Waals surface area contributed by atoms with Gasteiger partial charge in [0.1, 0.15) is 48.8 Å². The number of hydrogen-bond acceptors (Lipinski definition) is 12. The average Bonchev–Trinajstić information content (AvgIpc) is 2.60. The fraction of sp³-hybridized carbons (Fsp3) is 1.00. The van der Waals surface area contributed by atoms with Crippen molar-refractivity contribution in [3.05, 3.63) is 0 Å². The Bertz CT molecular complexity index is 526. The van der Waals surface area contributed by atoms with Crippen molar-refractivity contribution in [3.8, 4) is 0 Å². The molecule has 0 bridgehead atoms. The largest absolute Gasteiger partial charge is 0.470 e. The van der Waals surface area contributed by atoms with Gasteiger partial charge in [-0.2, -0.15) is 0 Å². The molecule has 0 radical (unpaired) electrons. The van der Waals surface area contributed by atoms with Crippen LogP contribution in [0, 0.1) is 0 Å². The minimum Gasteiger partial charge on any atom is -0.394 e. The van der Waals surface area contributed by atoms with Crippen LogP contribution in [0.3, 0.4) is 0 Å². The number of aliphatic hydroxyl groups excluding tert-OH is 7. The minimum atomic E-state index is -5.20. The molecule has 0 saturated carbocycles. The van der Waals surface area contributed by atoms with Crippen LogP contribution in [0.15, 0.2) is 0 Å². The van der Waals surface area contributed by atoms with Crippen molar-refractivity contribution in [1.82, 2.24) is 0 Å². The van der Waals surface area contributed by atoms with Crippen LogP contribution < -0.4 is 0 Å². The Labute approximate surface area is 152 Å². The number of rotatable bonds is 6. The lowest BCUT2D eigenvalue weighted by atomic mass is 9.97. The predicted molar refractivity (Wildman–Crippen MR) is 79.5 cm³/mol. The molecule has 10 atom stereocenters. The Morgan fingerprint density at radius 1 is 0.778 bits per heavy atom. The van der Waals surface area contributed by atoms with Gasteiger partial charge < -0.3 is 59.7 Å². The third-order valence-corrected chi connectivity index (χ3v) is 4.73. The second-order valence-corrected chi connectivity index (χ2v) is 7.29. The molecular formula is C12H23O14P. The topological polar surface area (TPSA) is 236 Å². The van der Waals surface area contributed by atoms with Gasteiger partial charge in [-0.15, -0.1) is 0 Å². The van der Waals surface area contributed by atoms with Crippen LogP contribution in [-0.2, 0) is 23.3 Å². The summed E-state index contributed by atoms with van der Waals surface area (Å²) in [5.41, 5.74) is 0. The standard InChI is InChI=1S/C12H23O14P/c13-1-3-5(15)6(16)10(26-27(20,21)22)12(24-3)25-9-4(2-14)23-11(19)8(18)7(9)17/h3-19H,1-2H2,(H2,20,21,22)/t3-,4-,5+,6+,7-,8-,9-,10-,11-,12+/m1/s1. The van der Waals surface area contributed by atoms with E-state index in [9.17, 15) is 40.3 Å². The zero-order valence-corrected chi connectivity index (χ0v) is 14.6. The third-order valence-electron chi connectivity index (χ3n) is 4.21. The second kappa shape index (κ2) is 9.02. The summed E-state index contributed by atoms with van der Waals surface area (Å²) in [7, 11) is -5.20. The summed E-state index contributed by atoms with van der Waals surface area (Å²) in [6.07, 6.45) is -17.6. The molecule has 2 rings (SSSR count). The normalized spacial score (nSPS) is 46.4. The van der Waals surface area contributed by atoms with Gasteiger partial charge in [-0.25, -0.2) is 4.57 Å². The zero-order chi connectivity index (χ0) is 20.5. The smallest absolute Gasteiger partial charge is 0.394 e. The fourth-order valence-corrected chi connectivity index (χ4v) is 3.37. The number of phosphoric ester groups is 1. The van der Waals surface area contributed by atoms with Gasteiger partial charge in [0.25, 0.3) is 0 Å². The summed E-state index contributed by atoms with van der Waals surface area (Å²) < 4.78 is 30.8. The highest BCUT2D eigenvalue weighted by Gasteiger charge is 2.52. The van der Waals surface area contributed by atoms with Gasteiger partial charge in [-0.3, -0.25) is 4.52 Å². The quantitative estimate of drug-likeness (QED) is 0.182. The first-order valence-corrected chi connectivity index (χ1v) is 9.35. The van der Waals surface area contributed by atoms with E-state index in [0.717, 1.165) is 0 Å². The lowest BCUT2D eigenvalue weighted by Crippen LogP contribution is -2.64. The van der Waals surface area contributed by atoms with Crippen LogP contribution in [0.2, 0.25) is 0 Å². The maximum Gasteiger partial charge on any atom is 0.470 e. The molecule has 2 heterocycles. The van der Waals surface area contributed by atoms with Gasteiger partial charge in [0.15, 0.2) is 12.6 Å². The molecule has 27 heavy (non-hydrogen) atoms. The molecule has 0 spiro atoms. The van der Waals surface area contributed by atoms with Gasteiger partial charge in [0.2, 0.25) is 0 Å². The van der Waals surface area contributed by atoms with E-state index in [-0.39, 0.29) is 0 Å². The van der Waals surface area contributed by atoms with Crippen LogP contribution >= 0.6 is 7.82 Å². The molecule has 0 aromatic carbocycles. The van der Waals surface area contributed by atoms with Gasteiger partial charge >= 0.3 is 7.82 Å². The summed E-state index contributed by atoms with van der Waals surface area (Å²) in [5, 5.41) is 67.7. The van der Waals surface area contributed by atoms with Crippen molar-refractivity contribution >= 4 is 7.82 Å². The average molecular weight is 422 g/mol. The first-order valence-electron chi connectivity index (χ1n) is 7.82. The van der Waals surface area contributed by atoms with Crippen molar-refractivity contribution < 1.29 is 68.8 Å². The Kier molecular flexibility index (Phi) is 7.68. The Balaban J connectivity index is 2.26. The van der Waals surface area contributed by atoms with Gasteiger partial charge in [-0.1, -0.05) is 0 Å². The van der Waals surface area contributed by atoms with Crippen molar-refractivity contribution in [3.63, 3.8) is 0 Å². The van der Waals surface area contributed by atoms with Crippen molar-refractivity contribution in [2.24, 2.45) is 0 Å². The molecule has 2 fully saturated rings. The molecule has 15 heteroatoms. The highest BCUT2D eigenvalue weighted by Crippen LogP contribution is 2.42. The Morgan fingerprint density at radius 2 is 1.33 bits per heavy atom. The van der Waals surface area contributed by atoms with Crippen molar-refractivity contribution in [2.75, 3.05) is 13.2 Å². The van der Waals surface area contributed by atoms with Crippen LogP contribution in [-0.4, -0.2) is 120 Å². The highest BCUT2D eigenvalue weighted by atomic mass is 31.2. The SMILES string of the molecule is O=P(O)(O)O[C@H]1[C@H](O[C@H]2[C@H](O)[C@@H](O)[C@H](O)O[C@@H]2CO)O[C@H](CO)[C@H](O)[C@@H]1O. The minimum absolute atomic E-state index is 0.795. The van der Waals surface area contributed by atoms with Crippen molar-refractivity contribution in [1.29, 1.82) is 0 Å². The summed E-state index contributed by atoms with van der Waals surface area (Å²) in [6.45, 7) is -1.61. The zero-order valence-electron chi connectivity index (χ0n) is 13.7. The predicted octanol–water partition coefficient (Wildman–Crippen LogP) is -5.28. The molecule has 0 amide bonds. The van der Waals surface area contributed by atoms with Gasteiger partial charge in [-0.05, 0) is 0 Å². The first-order chi connectivity index (χ1) is 12.5. The van der Waals surface area contributed by atoms with Crippen molar-refractivity contribution in [2.45, 2.75) is 61.4 Å². The first kappa shape index (κ1) is 23.0. The summed E-state index contributed by atoms with van der Waals surface area (Å²) in [4.78, 5) is 18.0. The number of aliphatic hydroxyl groups is 7. The molecule has 0 aromatic heterocycles. The van der Waals surface area contributed by atoms with Crippen LogP contribution in [0.1, 0.15) is 0 Å². The summed E-state index contributed by atoms with van der Waals surface area (Å²) in [6, 6.07) is 0. The molecule has 0 aromatic rings. The molecule has 0 unspecified atom stereocenters. The van der Waals surface area contributed by atoms with E-state index in [1.807, 2.05) is 0 Å². The summed E-state index contributed by atoms with van der Waals surface area (Å²) in [5.74, 6) is 0. The van der Waals surface area contributed by atoms with Gasteiger partial charge in [0.05, 0.1) is 13.2 Å². The van der Waals surface area contributed by atoms with E-state index in [1.165, 1.54) is 0 Å². The molecule has 160 valence electrons. The number of phosphoric acid groups is 1. The second-order valence-electron chi connectivity index (χ2n) is 6.10.